The lowest BCUT2D eigenvalue weighted by Gasteiger charge is -2.20. The van der Waals surface area contributed by atoms with Crippen molar-refractivity contribution in [2.24, 2.45) is 0 Å². The molecular formula is C6H10O5. The van der Waals surface area contributed by atoms with Crippen LogP contribution in [0, 0.1) is 0 Å². The highest BCUT2D eigenvalue weighted by molar-refractivity contribution is 5.67. The topological polar surface area (TPSA) is 65.0 Å². The third-order valence-corrected chi connectivity index (χ3v) is 1.57. The van der Waals surface area contributed by atoms with E-state index in [1.165, 1.54) is 7.11 Å². The Morgan fingerprint density at radius 3 is 2.91 bits per heavy atom. The number of hydrogen-bond acceptors (Lipinski definition) is 4. The van der Waals surface area contributed by atoms with Crippen molar-refractivity contribution in [3.05, 3.63) is 0 Å². The van der Waals surface area contributed by atoms with Crippen LogP contribution in [0.2, 0.25) is 0 Å². The monoisotopic (exact) mass is 162 g/mol. The van der Waals surface area contributed by atoms with Gasteiger partial charge in [0.25, 0.3) is 0 Å². The Kier molecular flexibility index (Phi) is 2.43. The van der Waals surface area contributed by atoms with Gasteiger partial charge in [-0.15, -0.1) is 0 Å². The summed E-state index contributed by atoms with van der Waals surface area (Å²) >= 11 is 0. The third kappa shape index (κ3) is 1.89. The van der Waals surface area contributed by atoms with Gasteiger partial charge in [-0.05, 0) is 0 Å². The van der Waals surface area contributed by atoms with Gasteiger partial charge in [-0.3, -0.25) is 4.79 Å². The molecule has 5 nitrogen and oxygen atoms in total. The average Bonchev–Trinajstić information content (AvgIpc) is 2.36. The van der Waals surface area contributed by atoms with E-state index in [4.69, 9.17) is 14.7 Å². The van der Waals surface area contributed by atoms with E-state index in [-0.39, 0.29) is 6.42 Å². The van der Waals surface area contributed by atoms with Gasteiger partial charge >= 0.3 is 5.97 Å². The highest BCUT2D eigenvalue weighted by Gasteiger charge is 2.39. The smallest absolute Gasteiger partial charge is 0.308 e. The molecule has 1 saturated heterocycles. The maximum Gasteiger partial charge on any atom is 0.308 e. The normalized spacial score (nSPS) is 30.6. The molecule has 64 valence electrons. The molecule has 0 saturated carbocycles. The molecule has 11 heavy (non-hydrogen) atoms. The van der Waals surface area contributed by atoms with Crippen molar-refractivity contribution in [3.8, 4) is 0 Å². The SMILES string of the molecule is COC1(CC(=O)O)CCOO1. The van der Waals surface area contributed by atoms with E-state index in [1.54, 1.807) is 0 Å². The number of carbonyl (C=O) groups is 1. The fraction of sp³-hybridized carbons (Fsp3) is 0.833. The van der Waals surface area contributed by atoms with Gasteiger partial charge in [-0.1, -0.05) is 0 Å². The largest absolute Gasteiger partial charge is 0.481 e. The first kappa shape index (κ1) is 8.45. The number of aliphatic carboxylic acids is 1. The summed E-state index contributed by atoms with van der Waals surface area (Å²) in [5, 5.41) is 8.45. The molecule has 1 N–H and O–H groups in total. The summed E-state index contributed by atoms with van der Waals surface area (Å²) in [6, 6.07) is 0. The molecule has 0 spiro atoms. The van der Waals surface area contributed by atoms with Crippen molar-refractivity contribution in [1.82, 2.24) is 0 Å². The standard InChI is InChI=1S/C6H10O5/c1-9-6(4-5(7)8)2-3-10-11-6/h2-4H2,1H3,(H,7,8). The molecular weight excluding hydrogens is 152 g/mol. The summed E-state index contributed by atoms with van der Waals surface area (Å²) in [5.41, 5.74) is 0. The molecule has 0 aromatic carbocycles. The van der Waals surface area contributed by atoms with Gasteiger partial charge in [0.05, 0.1) is 6.61 Å². The first-order valence-electron chi connectivity index (χ1n) is 3.26. The van der Waals surface area contributed by atoms with Crippen LogP contribution < -0.4 is 0 Å². The summed E-state index contributed by atoms with van der Waals surface area (Å²) in [4.78, 5) is 19.6. The molecule has 1 atom stereocenters. The van der Waals surface area contributed by atoms with Gasteiger partial charge in [0.1, 0.15) is 6.42 Å². The van der Waals surface area contributed by atoms with E-state index in [0.717, 1.165) is 0 Å². The van der Waals surface area contributed by atoms with Crippen LogP contribution in [0.15, 0.2) is 0 Å². The first-order chi connectivity index (χ1) is 5.18. The Balaban J connectivity index is 2.52. The van der Waals surface area contributed by atoms with Gasteiger partial charge in [-0.2, -0.15) is 0 Å². The Labute approximate surface area is 63.8 Å². The Morgan fingerprint density at radius 2 is 2.55 bits per heavy atom. The third-order valence-electron chi connectivity index (χ3n) is 1.57. The van der Waals surface area contributed by atoms with Crippen molar-refractivity contribution in [2.75, 3.05) is 13.7 Å². The maximum absolute atomic E-state index is 10.3. The van der Waals surface area contributed by atoms with Crippen LogP contribution in [-0.4, -0.2) is 30.6 Å². The van der Waals surface area contributed by atoms with E-state index < -0.39 is 11.8 Å². The van der Waals surface area contributed by atoms with Crippen LogP contribution in [0.4, 0.5) is 0 Å². The zero-order chi connectivity index (χ0) is 8.32. The van der Waals surface area contributed by atoms with Crippen LogP contribution in [-0.2, 0) is 19.3 Å². The molecule has 1 fully saturated rings. The van der Waals surface area contributed by atoms with Gasteiger partial charge in [0.15, 0.2) is 0 Å². The first-order valence-corrected chi connectivity index (χ1v) is 3.26. The van der Waals surface area contributed by atoms with Crippen molar-refractivity contribution in [1.29, 1.82) is 0 Å². The Morgan fingerprint density at radius 1 is 1.82 bits per heavy atom. The Hall–Kier alpha value is -0.650. The quantitative estimate of drug-likeness (QED) is 0.598. The van der Waals surface area contributed by atoms with Crippen molar-refractivity contribution in [2.45, 2.75) is 18.6 Å². The van der Waals surface area contributed by atoms with Gasteiger partial charge in [0.2, 0.25) is 5.79 Å². The molecule has 0 aliphatic carbocycles. The Bertz CT molecular complexity index is 149. The van der Waals surface area contributed by atoms with E-state index in [0.29, 0.717) is 13.0 Å². The zero-order valence-electron chi connectivity index (χ0n) is 6.20. The number of carboxylic acid groups (broad SMARTS) is 1. The molecule has 1 aliphatic rings. The fourth-order valence-corrected chi connectivity index (χ4v) is 0.944. The highest BCUT2D eigenvalue weighted by atomic mass is 17.2. The molecule has 0 aromatic heterocycles. The average molecular weight is 162 g/mol. The molecule has 5 heteroatoms. The van der Waals surface area contributed by atoms with E-state index in [1.807, 2.05) is 0 Å². The molecule has 1 aliphatic heterocycles. The summed E-state index contributed by atoms with van der Waals surface area (Å²) < 4.78 is 4.88. The van der Waals surface area contributed by atoms with Crippen LogP contribution in [0.1, 0.15) is 12.8 Å². The van der Waals surface area contributed by atoms with Crippen LogP contribution >= 0.6 is 0 Å². The van der Waals surface area contributed by atoms with E-state index in [2.05, 4.69) is 4.89 Å². The number of ether oxygens (including phenoxy) is 1. The van der Waals surface area contributed by atoms with Gasteiger partial charge in [-0.25, -0.2) is 9.78 Å². The summed E-state index contributed by atoms with van der Waals surface area (Å²) in [5.74, 6) is -2.02. The second-order valence-electron chi connectivity index (χ2n) is 2.34. The molecule has 0 aromatic rings. The second-order valence-corrected chi connectivity index (χ2v) is 2.34. The summed E-state index contributed by atoms with van der Waals surface area (Å²) in [7, 11) is 1.40. The number of carboxylic acids is 1. The van der Waals surface area contributed by atoms with Crippen molar-refractivity contribution >= 4 is 5.97 Å². The molecule has 0 radical (unpaired) electrons. The molecule has 1 rings (SSSR count). The minimum atomic E-state index is -1.06. The maximum atomic E-state index is 10.3. The molecule has 1 unspecified atom stereocenters. The lowest BCUT2D eigenvalue weighted by atomic mass is 10.1. The van der Waals surface area contributed by atoms with Gasteiger partial charge in [0, 0.05) is 13.5 Å². The lowest BCUT2D eigenvalue weighted by molar-refractivity contribution is -0.373. The summed E-state index contributed by atoms with van der Waals surface area (Å²) in [6.07, 6.45) is 0.263. The predicted molar refractivity (Wildman–Crippen MR) is 33.6 cm³/mol. The fourth-order valence-electron chi connectivity index (χ4n) is 0.944. The second kappa shape index (κ2) is 3.17. The van der Waals surface area contributed by atoms with Crippen molar-refractivity contribution < 1.29 is 24.4 Å². The van der Waals surface area contributed by atoms with Crippen molar-refractivity contribution in [3.63, 3.8) is 0 Å². The number of methoxy groups -OCH3 is 1. The molecule has 0 amide bonds. The minimum absolute atomic E-state index is 0.191. The van der Waals surface area contributed by atoms with Crippen LogP contribution in [0.3, 0.4) is 0 Å². The number of hydrogen-bond donors (Lipinski definition) is 1. The van der Waals surface area contributed by atoms with E-state index >= 15 is 0 Å². The van der Waals surface area contributed by atoms with Crippen LogP contribution in [0.25, 0.3) is 0 Å². The predicted octanol–water partition coefficient (Wildman–Crippen LogP) is 0.156. The summed E-state index contributed by atoms with van der Waals surface area (Å²) in [6.45, 7) is 0.376. The zero-order valence-corrected chi connectivity index (χ0v) is 6.20. The highest BCUT2D eigenvalue weighted by Crippen LogP contribution is 2.27. The minimum Gasteiger partial charge on any atom is -0.481 e. The number of rotatable bonds is 3. The van der Waals surface area contributed by atoms with Crippen LogP contribution in [0.5, 0.6) is 0 Å². The lowest BCUT2D eigenvalue weighted by Crippen LogP contribution is -2.32. The molecule has 1 heterocycles. The molecule has 0 bridgehead atoms. The van der Waals surface area contributed by atoms with Gasteiger partial charge < -0.3 is 9.84 Å². The van der Waals surface area contributed by atoms with E-state index in [9.17, 15) is 4.79 Å².